The van der Waals surface area contributed by atoms with Gasteiger partial charge in [0.25, 0.3) is 5.56 Å². The molecule has 2 aromatic rings. The number of carboxylic acids is 1. The molecule has 0 bridgehead atoms. The lowest BCUT2D eigenvalue weighted by molar-refractivity contribution is -0.138. The maximum absolute atomic E-state index is 12.6. The van der Waals surface area contributed by atoms with Crippen LogP contribution in [0.25, 0.3) is 0 Å². The van der Waals surface area contributed by atoms with Crippen molar-refractivity contribution in [3.63, 3.8) is 0 Å². The number of nitrogens with zero attached hydrogens (tertiary/aromatic N) is 2. The normalized spacial score (nSPS) is 11.4. The fourth-order valence-electron chi connectivity index (χ4n) is 1.68. The third kappa shape index (κ3) is 3.47. The van der Waals surface area contributed by atoms with Crippen LogP contribution >= 0.6 is 0 Å². The molecule has 0 aliphatic carbocycles. The highest BCUT2D eigenvalue weighted by Gasteiger charge is 2.31. The minimum absolute atomic E-state index is 0.177. The van der Waals surface area contributed by atoms with Crippen LogP contribution in [0.4, 0.5) is 13.2 Å². The van der Waals surface area contributed by atoms with Crippen LogP contribution in [-0.2, 0) is 12.7 Å². The first-order chi connectivity index (χ1) is 9.77. The lowest BCUT2D eigenvalue weighted by Crippen LogP contribution is -2.22. The van der Waals surface area contributed by atoms with E-state index < -0.39 is 23.3 Å². The minimum atomic E-state index is -4.56. The summed E-state index contributed by atoms with van der Waals surface area (Å²) in [6.45, 7) is -0.246. The van der Waals surface area contributed by atoms with E-state index in [1.165, 1.54) is 18.2 Å². The van der Waals surface area contributed by atoms with Gasteiger partial charge in [0.15, 0.2) is 0 Å². The summed E-state index contributed by atoms with van der Waals surface area (Å²) in [6, 6.07) is 5.59. The smallest absolute Gasteiger partial charge is 0.417 e. The maximum atomic E-state index is 12.6. The fraction of sp³-hybridized carbons (Fsp3) is 0.154. The van der Waals surface area contributed by atoms with E-state index in [0.717, 1.165) is 10.6 Å². The third-order valence-electron chi connectivity index (χ3n) is 2.67. The zero-order chi connectivity index (χ0) is 15.6. The molecule has 0 saturated carbocycles. The van der Waals surface area contributed by atoms with Gasteiger partial charge < -0.3 is 9.67 Å². The summed E-state index contributed by atoms with van der Waals surface area (Å²) in [4.78, 5) is 26.1. The number of carboxylic acid groups (broad SMARTS) is 1. The summed E-state index contributed by atoms with van der Waals surface area (Å²) in [5.41, 5.74) is -1.66. The Labute approximate surface area is 116 Å². The molecule has 0 saturated heterocycles. The van der Waals surface area contributed by atoms with E-state index in [4.69, 9.17) is 5.11 Å². The predicted molar refractivity (Wildman–Crippen MR) is 66.0 cm³/mol. The monoisotopic (exact) mass is 298 g/mol. The van der Waals surface area contributed by atoms with E-state index in [9.17, 15) is 22.8 Å². The molecule has 0 amide bonds. The van der Waals surface area contributed by atoms with Gasteiger partial charge in [-0.1, -0.05) is 6.07 Å². The second-order valence-corrected chi connectivity index (χ2v) is 4.20. The summed E-state index contributed by atoms with van der Waals surface area (Å²) in [6.07, 6.45) is -3.89. The van der Waals surface area contributed by atoms with Gasteiger partial charge in [-0.3, -0.25) is 4.79 Å². The summed E-state index contributed by atoms with van der Waals surface area (Å²) >= 11 is 0. The van der Waals surface area contributed by atoms with Crippen molar-refractivity contribution in [1.29, 1.82) is 0 Å². The number of hydrogen-bond donors (Lipinski definition) is 1. The Bertz CT molecular complexity index is 738. The van der Waals surface area contributed by atoms with Gasteiger partial charge in [0, 0.05) is 12.3 Å². The molecule has 0 aliphatic rings. The molecule has 2 aromatic heterocycles. The Hall–Kier alpha value is -2.64. The molecule has 0 radical (unpaired) electrons. The van der Waals surface area contributed by atoms with Crippen molar-refractivity contribution in [2.45, 2.75) is 12.7 Å². The van der Waals surface area contributed by atoms with Gasteiger partial charge >= 0.3 is 12.1 Å². The number of aromatic nitrogens is 2. The predicted octanol–water partition coefficient (Wildman–Crippen LogP) is 2.01. The van der Waals surface area contributed by atoms with Crippen molar-refractivity contribution in [2.75, 3.05) is 0 Å². The molecule has 110 valence electrons. The average Bonchev–Trinajstić information content (AvgIpc) is 2.40. The van der Waals surface area contributed by atoms with Crippen molar-refractivity contribution >= 4 is 5.97 Å². The highest BCUT2D eigenvalue weighted by molar-refractivity contribution is 5.85. The molecule has 21 heavy (non-hydrogen) atoms. The molecule has 0 fully saturated rings. The number of halogens is 3. The fourth-order valence-corrected chi connectivity index (χ4v) is 1.68. The zero-order valence-corrected chi connectivity index (χ0v) is 10.5. The number of pyridine rings is 2. The van der Waals surface area contributed by atoms with Crippen LogP contribution < -0.4 is 5.56 Å². The van der Waals surface area contributed by atoms with Gasteiger partial charge in [0.1, 0.15) is 5.69 Å². The number of alkyl halides is 3. The van der Waals surface area contributed by atoms with Gasteiger partial charge in [-0.15, -0.1) is 0 Å². The molecule has 5 nitrogen and oxygen atoms in total. The topological polar surface area (TPSA) is 72.2 Å². The number of rotatable bonds is 3. The highest BCUT2D eigenvalue weighted by atomic mass is 19.4. The molecule has 1 N–H and O–H groups in total. The number of aromatic carboxylic acids is 1. The number of carbonyl (C=O) groups is 1. The second-order valence-electron chi connectivity index (χ2n) is 4.20. The van der Waals surface area contributed by atoms with Crippen LogP contribution in [0.3, 0.4) is 0 Å². The van der Waals surface area contributed by atoms with Gasteiger partial charge in [0.05, 0.1) is 17.8 Å². The Kier molecular flexibility index (Phi) is 3.79. The standard InChI is InChI=1S/C13H9F3N2O3/c14-13(15,16)8-4-5-11(19)18(6-8)7-9-2-1-3-10(17-9)12(20)21/h1-6H,7H2,(H,20,21). The quantitative estimate of drug-likeness (QED) is 0.941. The molecule has 0 atom stereocenters. The van der Waals surface area contributed by atoms with E-state index in [0.29, 0.717) is 12.3 Å². The molecule has 0 unspecified atom stereocenters. The third-order valence-corrected chi connectivity index (χ3v) is 2.67. The summed E-state index contributed by atoms with van der Waals surface area (Å²) < 4.78 is 38.6. The summed E-state index contributed by atoms with van der Waals surface area (Å²) in [5.74, 6) is -1.26. The van der Waals surface area contributed by atoms with E-state index in [-0.39, 0.29) is 17.9 Å². The summed E-state index contributed by atoms with van der Waals surface area (Å²) in [5, 5.41) is 8.80. The van der Waals surface area contributed by atoms with E-state index in [2.05, 4.69) is 4.98 Å². The van der Waals surface area contributed by atoms with E-state index in [1.807, 2.05) is 0 Å². The molecular formula is C13H9F3N2O3. The second kappa shape index (κ2) is 5.39. The first-order valence-electron chi connectivity index (χ1n) is 5.74. The van der Waals surface area contributed by atoms with Crippen LogP contribution in [0, 0.1) is 0 Å². The van der Waals surface area contributed by atoms with Crippen LogP contribution in [0.5, 0.6) is 0 Å². The minimum Gasteiger partial charge on any atom is -0.477 e. The van der Waals surface area contributed by atoms with Gasteiger partial charge in [-0.25, -0.2) is 9.78 Å². The first-order valence-corrected chi connectivity index (χ1v) is 5.74. The maximum Gasteiger partial charge on any atom is 0.417 e. The largest absolute Gasteiger partial charge is 0.477 e. The van der Waals surface area contributed by atoms with E-state index >= 15 is 0 Å². The SMILES string of the molecule is O=C(O)c1cccc(Cn2cc(C(F)(F)F)ccc2=O)n1. The molecule has 0 aliphatic heterocycles. The van der Waals surface area contributed by atoms with Crippen LogP contribution in [0.2, 0.25) is 0 Å². The molecular weight excluding hydrogens is 289 g/mol. The van der Waals surface area contributed by atoms with Crippen molar-refractivity contribution in [3.05, 3.63) is 63.8 Å². The molecule has 8 heteroatoms. The molecule has 0 spiro atoms. The van der Waals surface area contributed by atoms with Crippen LogP contribution in [0.1, 0.15) is 21.7 Å². The lowest BCUT2D eigenvalue weighted by Gasteiger charge is -2.10. The Balaban J connectivity index is 2.37. The molecule has 2 heterocycles. The van der Waals surface area contributed by atoms with Crippen LogP contribution in [-0.4, -0.2) is 20.6 Å². The summed E-state index contributed by atoms with van der Waals surface area (Å²) in [7, 11) is 0. The van der Waals surface area contributed by atoms with Crippen molar-refractivity contribution in [3.8, 4) is 0 Å². The van der Waals surface area contributed by atoms with Crippen molar-refractivity contribution in [2.24, 2.45) is 0 Å². The lowest BCUT2D eigenvalue weighted by atomic mass is 10.2. The Morgan fingerprint density at radius 2 is 1.95 bits per heavy atom. The van der Waals surface area contributed by atoms with Crippen molar-refractivity contribution in [1.82, 2.24) is 9.55 Å². The van der Waals surface area contributed by atoms with Crippen molar-refractivity contribution < 1.29 is 23.1 Å². The Morgan fingerprint density at radius 1 is 1.24 bits per heavy atom. The van der Waals surface area contributed by atoms with Crippen LogP contribution in [0.15, 0.2) is 41.3 Å². The molecule has 0 aromatic carbocycles. The van der Waals surface area contributed by atoms with E-state index in [1.54, 1.807) is 0 Å². The van der Waals surface area contributed by atoms with Gasteiger partial charge in [-0.05, 0) is 18.2 Å². The molecule has 2 rings (SSSR count). The number of hydrogen-bond acceptors (Lipinski definition) is 3. The highest BCUT2D eigenvalue weighted by Crippen LogP contribution is 2.28. The van der Waals surface area contributed by atoms with Gasteiger partial charge in [0.2, 0.25) is 0 Å². The van der Waals surface area contributed by atoms with Gasteiger partial charge in [-0.2, -0.15) is 13.2 Å². The Morgan fingerprint density at radius 3 is 2.57 bits per heavy atom. The zero-order valence-electron chi connectivity index (χ0n) is 10.5. The first kappa shape index (κ1) is 14.8. The average molecular weight is 298 g/mol.